The van der Waals surface area contributed by atoms with Crippen LogP contribution in [0.3, 0.4) is 0 Å². The Morgan fingerprint density at radius 1 is 1.12 bits per heavy atom. The fourth-order valence-corrected chi connectivity index (χ4v) is 4.46. The lowest BCUT2D eigenvalue weighted by Gasteiger charge is -2.27. The Bertz CT molecular complexity index is 1290. The quantitative estimate of drug-likeness (QED) is 0.522. The van der Waals surface area contributed by atoms with Gasteiger partial charge in [-0.05, 0) is 59.7 Å². The summed E-state index contributed by atoms with van der Waals surface area (Å²) in [6.45, 7) is 0. The van der Waals surface area contributed by atoms with Crippen molar-refractivity contribution in [2.45, 2.75) is 30.3 Å². The number of allylic oxidation sites excluding steroid dienone is 2. The van der Waals surface area contributed by atoms with E-state index in [0.717, 1.165) is 47.4 Å². The zero-order chi connectivity index (χ0) is 24.0. The number of alkyl halides is 3. The van der Waals surface area contributed by atoms with Crippen LogP contribution in [0.2, 0.25) is 0 Å². The Kier molecular flexibility index (Phi) is 5.47. The van der Waals surface area contributed by atoms with Crippen LogP contribution in [-0.2, 0) is 20.5 Å². The van der Waals surface area contributed by atoms with E-state index in [9.17, 15) is 26.4 Å². The highest BCUT2D eigenvalue weighted by atomic mass is 32.2. The lowest BCUT2D eigenvalue weighted by molar-refractivity contribution is -0.129. The second-order valence-corrected chi connectivity index (χ2v) is 9.30. The summed E-state index contributed by atoms with van der Waals surface area (Å²) in [7, 11) is -4.46. The number of carbonyl (C=O) groups excluding carboxylic acids is 1. The molecule has 0 saturated carbocycles. The number of aliphatic imine (C=N–C) groups is 1. The Morgan fingerprint density at radius 3 is 2.36 bits per heavy atom. The van der Waals surface area contributed by atoms with Crippen LogP contribution < -0.4 is 9.92 Å². The lowest BCUT2D eigenvalue weighted by Crippen LogP contribution is -2.41. The van der Waals surface area contributed by atoms with Crippen molar-refractivity contribution in [2.24, 2.45) is 10.7 Å². The molecule has 1 heterocycles. The molecule has 2 aromatic rings. The second-order valence-electron chi connectivity index (χ2n) is 7.76. The molecule has 2 N–H and O–H groups in total. The van der Waals surface area contributed by atoms with Crippen LogP contribution in [0.15, 0.2) is 59.6 Å². The Morgan fingerprint density at radius 2 is 1.79 bits per heavy atom. The average molecular weight is 479 g/mol. The molecule has 0 radical (unpaired) electrons. The topological polar surface area (TPSA) is 102 Å². The molecular formula is C22H20F3N3O4S. The molecule has 7 nitrogen and oxygen atoms in total. The number of amides is 1. The van der Waals surface area contributed by atoms with Gasteiger partial charge in [-0.25, -0.2) is 4.99 Å². The number of hydrogen-bond acceptors (Lipinski definition) is 6. The van der Waals surface area contributed by atoms with E-state index in [0.29, 0.717) is 5.56 Å². The van der Waals surface area contributed by atoms with E-state index in [1.165, 1.54) is 19.2 Å². The highest BCUT2D eigenvalue weighted by Gasteiger charge is 2.51. The van der Waals surface area contributed by atoms with Gasteiger partial charge in [-0.15, -0.1) is 0 Å². The highest BCUT2D eigenvalue weighted by Crippen LogP contribution is 2.42. The summed E-state index contributed by atoms with van der Waals surface area (Å²) in [6, 6.07) is 12.0. The Balaban J connectivity index is 1.86. The van der Waals surface area contributed by atoms with Gasteiger partial charge >= 0.3 is 15.6 Å². The minimum Gasteiger partial charge on any atom is -0.376 e. The third-order valence-electron chi connectivity index (χ3n) is 5.67. The van der Waals surface area contributed by atoms with Crippen molar-refractivity contribution in [3.05, 3.63) is 71.3 Å². The van der Waals surface area contributed by atoms with Gasteiger partial charge in [0.2, 0.25) is 0 Å². The third-order valence-corrected chi connectivity index (χ3v) is 6.65. The molecule has 0 fully saturated rings. The maximum Gasteiger partial charge on any atom is 0.534 e. The number of likely N-dealkylation sites (N-methyl/N-ethyl adjacent to an activating group) is 1. The van der Waals surface area contributed by atoms with Crippen molar-refractivity contribution in [3.63, 3.8) is 0 Å². The number of rotatable bonds is 5. The van der Waals surface area contributed by atoms with Crippen LogP contribution in [-0.4, -0.2) is 37.7 Å². The first-order valence-corrected chi connectivity index (χ1v) is 11.4. The van der Waals surface area contributed by atoms with Crippen LogP contribution in [0.5, 0.6) is 5.75 Å². The first-order valence-electron chi connectivity index (χ1n) is 10.0. The van der Waals surface area contributed by atoms with Crippen molar-refractivity contribution < 1.29 is 30.6 Å². The van der Waals surface area contributed by atoms with E-state index in [2.05, 4.69) is 15.3 Å². The molecule has 1 amide bonds. The number of guanidine groups is 1. The van der Waals surface area contributed by atoms with Gasteiger partial charge in [-0.3, -0.25) is 9.69 Å². The van der Waals surface area contributed by atoms with Crippen molar-refractivity contribution in [1.82, 2.24) is 4.90 Å². The number of nitrogens with two attached hydrogens (primary N) is 1. The molecule has 1 atom stereocenters. The van der Waals surface area contributed by atoms with E-state index in [1.807, 2.05) is 6.07 Å². The van der Waals surface area contributed by atoms with E-state index in [-0.39, 0.29) is 11.5 Å². The smallest absolute Gasteiger partial charge is 0.376 e. The molecule has 0 bridgehead atoms. The number of hydrogen-bond donors (Lipinski definition) is 1. The summed E-state index contributed by atoms with van der Waals surface area (Å²) in [5.41, 5.74) is 1.21. The monoisotopic (exact) mass is 479 g/mol. The third kappa shape index (κ3) is 3.86. The van der Waals surface area contributed by atoms with Crippen molar-refractivity contribution in [1.29, 1.82) is 0 Å². The minimum absolute atomic E-state index is 0.0836. The van der Waals surface area contributed by atoms with Gasteiger partial charge in [-0.2, -0.15) is 21.6 Å². The van der Waals surface area contributed by atoms with Gasteiger partial charge in [0.05, 0.1) is 0 Å². The van der Waals surface area contributed by atoms with Crippen molar-refractivity contribution in [3.8, 4) is 5.75 Å². The molecule has 0 aromatic heterocycles. The molecule has 2 aliphatic rings. The van der Waals surface area contributed by atoms with Crippen molar-refractivity contribution in [2.75, 3.05) is 7.05 Å². The van der Waals surface area contributed by atoms with Crippen LogP contribution in [0.4, 0.5) is 13.2 Å². The maximum atomic E-state index is 13.4. The van der Waals surface area contributed by atoms with E-state index >= 15 is 0 Å². The SMILES string of the molecule is CN1C(=O)C(c2cccc(OS(=O)(=O)C(F)(F)F)c2)(c2cccc(C3=CCCC3)c2)N=C1N. The van der Waals surface area contributed by atoms with Crippen LogP contribution in [0.1, 0.15) is 36.0 Å². The normalized spacial score (nSPS) is 21.2. The first-order chi connectivity index (χ1) is 15.5. The summed E-state index contributed by atoms with van der Waals surface area (Å²) in [6.07, 6.45) is 4.96. The fraction of sp³-hybridized carbons (Fsp3) is 0.273. The molecule has 1 aliphatic carbocycles. The molecule has 2 aromatic carbocycles. The molecular weight excluding hydrogens is 459 g/mol. The summed E-state index contributed by atoms with van der Waals surface area (Å²) in [5, 5.41) is 0. The molecule has 11 heteroatoms. The van der Waals surface area contributed by atoms with E-state index in [4.69, 9.17) is 5.73 Å². The molecule has 33 heavy (non-hydrogen) atoms. The summed E-state index contributed by atoms with van der Waals surface area (Å²) < 4.78 is 65.7. The number of carbonyl (C=O) groups is 1. The van der Waals surface area contributed by atoms with Crippen LogP contribution in [0, 0.1) is 0 Å². The predicted molar refractivity (Wildman–Crippen MR) is 115 cm³/mol. The summed E-state index contributed by atoms with van der Waals surface area (Å²) >= 11 is 0. The van der Waals surface area contributed by atoms with Gasteiger partial charge in [0, 0.05) is 7.05 Å². The second kappa shape index (κ2) is 7.91. The Hall–Kier alpha value is -3.34. The molecule has 4 rings (SSSR count). The molecule has 1 unspecified atom stereocenters. The van der Waals surface area contributed by atoms with Crippen LogP contribution in [0.25, 0.3) is 5.57 Å². The first kappa shape index (κ1) is 22.8. The maximum absolute atomic E-state index is 13.4. The van der Waals surface area contributed by atoms with Gasteiger partial charge < -0.3 is 9.92 Å². The summed E-state index contributed by atoms with van der Waals surface area (Å²) in [4.78, 5) is 18.9. The van der Waals surface area contributed by atoms with E-state index in [1.54, 1.807) is 18.2 Å². The predicted octanol–water partition coefficient (Wildman–Crippen LogP) is 3.51. The van der Waals surface area contributed by atoms with Gasteiger partial charge in [0.25, 0.3) is 5.91 Å². The van der Waals surface area contributed by atoms with Gasteiger partial charge in [-0.1, -0.05) is 36.4 Å². The number of benzene rings is 2. The van der Waals surface area contributed by atoms with E-state index < -0.39 is 32.8 Å². The standard InChI is InChI=1S/C22H20F3N3O4S/c1-28-19(29)21(27-20(28)26,16-9-4-8-15(12-16)14-6-2-3-7-14)17-10-5-11-18(13-17)32-33(30,31)22(23,24)25/h4-6,8-13H,2-3,7H2,1H3,(H2,26,27). The largest absolute Gasteiger partial charge is 0.534 e. The van der Waals surface area contributed by atoms with Crippen LogP contribution >= 0.6 is 0 Å². The Labute approximate surface area is 188 Å². The highest BCUT2D eigenvalue weighted by molar-refractivity contribution is 7.88. The van der Waals surface area contributed by atoms with Gasteiger partial charge in [0.15, 0.2) is 11.5 Å². The zero-order valence-electron chi connectivity index (χ0n) is 17.5. The molecule has 0 saturated heterocycles. The molecule has 174 valence electrons. The fourth-order valence-electron chi connectivity index (χ4n) is 4.01. The van der Waals surface area contributed by atoms with Crippen molar-refractivity contribution >= 4 is 27.6 Å². The van der Waals surface area contributed by atoms with Gasteiger partial charge in [0.1, 0.15) is 5.75 Å². The summed E-state index contributed by atoms with van der Waals surface area (Å²) in [5.74, 6) is -1.22. The number of halogens is 3. The lowest BCUT2D eigenvalue weighted by atomic mass is 9.81. The zero-order valence-corrected chi connectivity index (χ0v) is 18.3. The molecule has 1 aliphatic heterocycles. The average Bonchev–Trinajstić information content (AvgIpc) is 3.37. The minimum atomic E-state index is -5.89. The molecule has 0 spiro atoms. The number of nitrogens with zero attached hydrogens (tertiary/aromatic N) is 2.